The zero-order valence-electron chi connectivity index (χ0n) is 20.0. The molecule has 32 heavy (non-hydrogen) atoms. The van der Waals surface area contributed by atoms with Gasteiger partial charge < -0.3 is 25.0 Å². The summed E-state index contributed by atoms with van der Waals surface area (Å²) in [6.07, 6.45) is 1.08. The number of nitrogens with zero attached hydrogens (tertiary/aromatic N) is 2. The van der Waals surface area contributed by atoms with E-state index in [1.165, 1.54) is 16.7 Å². The Bertz CT molecular complexity index is 876. The van der Waals surface area contributed by atoms with E-state index in [1.807, 2.05) is 0 Å². The minimum Gasteiger partial charge on any atom is -0.493 e. The summed E-state index contributed by atoms with van der Waals surface area (Å²) < 4.78 is 11.7. The third-order valence-corrected chi connectivity index (χ3v) is 5.42. The highest BCUT2D eigenvalue weighted by molar-refractivity contribution is 5.79. The predicted octanol–water partition coefficient (Wildman–Crippen LogP) is 3.73. The van der Waals surface area contributed by atoms with Crippen LogP contribution in [-0.2, 0) is 24.4 Å². The molecule has 0 aromatic heterocycles. The van der Waals surface area contributed by atoms with Crippen LogP contribution >= 0.6 is 0 Å². The fraction of sp³-hybridized carbons (Fsp3) is 0.500. The van der Waals surface area contributed by atoms with Gasteiger partial charge in [0.1, 0.15) is 5.75 Å². The van der Waals surface area contributed by atoms with Crippen LogP contribution in [0.3, 0.4) is 0 Å². The highest BCUT2D eigenvalue weighted by Gasteiger charge is 2.17. The van der Waals surface area contributed by atoms with E-state index in [0.717, 1.165) is 50.0 Å². The van der Waals surface area contributed by atoms with E-state index in [-0.39, 0.29) is 0 Å². The first-order valence-electron chi connectivity index (χ1n) is 11.6. The van der Waals surface area contributed by atoms with Crippen LogP contribution < -0.4 is 15.4 Å². The SMILES string of the molecule is CCNC(=NCc1cccc(CN(C)C)c1)NCc1ccc(C)cc1OCC1CCOC1. The van der Waals surface area contributed by atoms with Gasteiger partial charge >= 0.3 is 0 Å². The molecule has 0 aliphatic carbocycles. The normalized spacial score (nSPS) is 16.4. The van der Waals surface area contributed by atoms with Crippen molar-refractivity contribution < 1.29 is 9.47 Å². The summed E-state index contributed by atoms with van der Waals surface area (Å²) >= 11 is 0. The van der Waals surface area contributed by atoms with Gasteiger partial charge in [0.25, 0.3) is 0 Å². The second-order valence-corrected chi connectivity index (χ2v) is 8.76. The first-order valence-corrected chi connectivity index (χ1v) is 11.6. The molecule has 3 rings (SSSR count). The summed E-state index contributed by atoms with van der Waals surface area (Å²) in [7, 11) is 4.17. The summed E-state index contributed by atoms with van der Waals surface area (Å²) in [5.41, 5.74) is 4.84. The van der Waals surface area contributed by atoms with E-state index in [0.29, 0.717) is 25.6 Å². The molecule has 174 valence electrons. The zero-order valence-corrected chi connectivity index (χ0v) is 20.0. The molecule has 1 aliphatic heterocycles. The highest BCUT2D eigenvalue weighted by Crippen LogP contribution is 2.22. The van der Waals surface area contributed by atoms with Gasteiger partial charge in [-0.2, -0.15) is 0 Å². The summed E-state index contributed by atoms with van der Waals surface area (Å²) in [6, 6.07) is 15.0. The lowest BCUT2D eigenvalue weighted by atomic mass is 10.1. The first-order chi connectivity index (χ1) is 15.5. The molecule has 0 saturated carbocycles. The van der Waals surface area contributed by atoms with E-state index in [1.54, 1.807) is 0 Å². The Balaban J connectivity index is 1.62. The van der Waals surface area contributed by atoms with Gasteiger partial charge in [-0.15, -0.1) is 0 Å². The van der Waals surface area contributed by atoms with Gasteiger partial charge in [0, 0.05) is 37.7 Å². The van der Waals surface area contributed by atoms with Crippen molar-refractivity contribution in [2.24, 2.45) is 10.9 Å². The second kappa shape index (κ2) is 12.5. The molecule has 1 aliphatic rings. The van der Waals surface area contributed by atoms with Crippen molar-refractivity contribution >= 4 is 5.96 Å². The number of rotatable bonds is 10. The first kappa shape index (κ1) is 24.1. The van der Waals surface area contributed by atoms with E-state index >= 15 is 0 Å². The maximum atomic E-state index is 6.18. The van der Waals surface area contributed by atoms with Gasteiger partial charge in [0.15, 0.2) is 5.96 Å². The van der Waals surface area contributed by atoms with E-state index in [2.05, 4.69) is 85.9 Å². The van der Waals surface area contributed by atoms with Crippen molar-refractivity contribution in [1.82, 2.24) is 15.5 Å². The number of guanidine groups is 1. The molecule has 1 heterocycles. The lowest BCUT2D eigenvalue weighted by molar-refractivity contribution is 0.166. The van der Waals surface area contributed by atoms with Crippen molar-refractivity contribution in [3.05, 3.63) is 64.7 Å². The van der Waals surface area contributed by atoms with Gasteiger partial charge in [0.2, 0.25) is 0 Å². The van der Waals surface area contributed by atoms with Crippen LogP contribution in [0.15, 0.2) is 47.5 Å². The van der Waals surface area contributed by atoms with E-state index < -0.39 is 0 Å². The van der Waals surface area contributed by atoms with Gasteiger partial charge in [-0.25, -0.2) is 4.99 Å². The molecular weight excluding hydrogens is 400 g/mol. The average Bonchev–Trinajstić information content (AvgIpc) is 3.28. The van der Waals surface area contributed by atoms with Crippen LogP contribution in [0.4, 0.5) is 0 Å². The van der Waals surface area contributed by atoms with Crippen molar-refractivity contribution in [1.29, 1.82) is 0 Å². The summed E-state index contributed by atoms with van der Waals surface area (Å²) in [5, 5.41) is 6.82. The topological polar surface area (TPSA) is 58.1 Å². The van der Waals surface area contributed by atoms with Gasteiger partial charge in [-0.1, -0.05) is 36.4 Å². The average molecular weight is 439 g/mol. The number of aryl methyl sites for hydroxylation is 1. The van der Waals surface area contributed by atoms with Crippen molar-refractivity contribution in [3.8, 4) is 5.75 Å². The quantitative estimate of drug-likeness (QED) is 0.437. The van der Waals surface area contributed by atoms with Crippen LogP contribution in [-0.4, -0.2) is 51.3 Å². The third-order valence-electron chi connectivity index (χ3n) is 5.42. The minimum absolute atomic E-state index is 0.485. The Morgan fingerprint density at radius 2 is 2.00 bits per heavy atom. The minimum atomic E-state index is 0.485. The number of aliphatic imine (C=N–C) groups is 1. The molecule has 0 spiro atoms. The Kier molecular flexibility index (Phi) is 9.38. The second-order valence-electron chi connectivity index (χ2n) is 8.76. The van der Waals surface area contributed by atoms with Gasteiger partial charge in [-0.05, 0) is 57.1 Å². The molecule has 0 radical (unpaired) electrons. The van der Waals surface area contributed by atoms with E-state index in [4.69, 9.17) is 14.5 Å². The smallest absolute Gasteiger partial charge is 0.191 e. The Hall–Kier alpha value is -2.57. The standard InChI is InChI=1S/C26H38N4O2/c1-5-27-26(28-15-21-7-6-8-22(14-21)17-30(3)4)29-16-24-10-9-20(2)13-25(24)32-19-23-11-12-31-18-23/h6-10,13-14,23H,5,11-12,15-19H2,1-4H3,(H2,27,28,29). The van der Waals surface area contributed by atoms with E-state index in [9.17, 15) is 0 Å². The monoisotopic (exact) mass is 438 g/mol. The lowest BCUT2D eigenvalue weighted by Crippen LogP contribution is -2.36. The van der Waals surface area contributed by atoms with Crippen LogP contribution in [0.25, 0.3) is 0 Å². The molecule has 6 nitrogen and oxygen atoms in total. The zero-order chi connectivity index (χ0) is 22.8. The Labute approximate surface area is 193 Å². The number of hydrogen-bond donors (Lipinski definition) is 2. The molecule has 1 atom stereocenters. The molecule has 0 amide bonds. The number of hydrogen-bond acceptors (Lipinski definition) is 4. The molecule has 2 N–H and O–H groups in total. The highest BCUT2D eigenvalue weighted by atomic mass is 16.5. The number of benzene rings is 2. The van der Waals surface area contributed by atoms with Crippen LogP contribution in [0.2, 0.25) is 0 Å². The predicted molar refractivity (Wildman–Crippen MR) is 131 cm³/mol. The Morgan fingerprint density at radius 1 is 1.16 bits per heavy atom. The van der Waals surface area contributed by atoms with Crippen LogP contribution in [0, 0.1) is 12.8 Å². The van der Waals surface area contributed by atoms with Gasteiger partial charge in [0.05, 0.1) is 19.8 Å². The van der Waals surface area contributed by atoms with Crippen molar-refractivity contribution in [2.45, 2.75) is 39.9 Å². The van der Waals surface area contributed by atoms with Crippen LogP contribution in [0.5, 0.6) is 5.75 Å². The number of ether oxygens (including phenoxy) is 2. The largest absolute Gasteiger partial charge is 0.493 e. The molecule has 6 heteroatoms. The molecule has 1 fully saturated rings. The molecule has 1 saturated heterocycles. The lowest BCUT2D eigenvalue weighted by Gasteiger charge is -2.17. The molecule has 0 bridgehead atoms. The summed E-state index contributed by atoms with van der Waals surface area (Å²) in [6.45, 7) is 9.55. The maximum Gasteiger partial charge on any atom is 0.191 e. The van der Waals surface area contributed by atoms with Gasteiger partial charge in [-0.3, -0.25) is 0 Å². The maximum absolute atomic E-state index is 6.18. The number of nitrogens with one attached hydrogen (secondary N) is 2. The summed E-state index contributed by atoms with van der Waals surface area (Å²) in [4.78, 5) is 6.97. The molecular formula is C26H38N4O2. The third kappa shape index (κ3) is 7.84. The Morgan fingerprint density at radius 3 is 2.75 bits per heavy atom. The van der Waals surface area contributed by atoms with Crippen molar-refractivity contribution in [3.63, 3.8) is 0 Å². The molecule has 2 aromatic rings. The molecule has 2 aromatic carbocycles. The fourth-order valence-electron chi connectivity index (χ4n) is 3.75. The molecule has 1 unspecified atom stereocenters. The van der Waals surface area contributed by atoms with Crippen molar-refractivity contribution in [2.75, 3.05) is 40.5 Å². The van der Waals surface area contributed by atoms with Crippen LogP contribution in [0.1, 0.15) is 35.6 Å². The summed E-state index contributed by atoms with van der Waals surface area (Å²) in [5.74, 6) is 2.23. The fourth-order valence-corrected chi connectivity index (χ4v) is 3.75.